The molecule has 164 valence electrons. The summed E-state index contributed by atoms with van der Waals surface area (Å²) < 4.78 is 33.6. The van der Waals surface area contributed by atoms with Gasteiger partial charge in [-0.25, -0.2) is 8.78 Å². The summed E-state index contributed by atoms with van der Waals surface area (Å²) in [6.45, 7) is 4.12. The van der Waals surface area contributed by atoms with E-state index in [2.05, 4.69) is 0 Å². The molecule has 1 fully saturated rings. The van der Waals surface area contributed by atoms with Gasteiger partial charge < -0.3 is 9.84 Å². The zero-order valence-corrected chi connectivity index (χ0v) is 18.1. The minimum Gasteiger partial charge on any atom is -0.507 e. The number of nitrogens with zero attached hydrogens (tertiary/aromatic N) is 1. The number of benzene rings is 2. The lowest BCUT2D eigenvalue weighted by Crippen LogP contribution is -2.30. The Morgan fingerprint density at radius 1 is 1.16 bits per heavy atom. The summed E-state index contributed by atoms with van der Waals surface area (Å²) in [5, 5.41) is 12.8. The fraction of sp³-hybridized carbons (Fsp3) is 0.167. The number of hydrogen-bond donors (Lipinski definition) is 1. The normalized spacial score (nSPS) is 17.8. The van der Waals surface area contributed by atoms with Crippen molar-refractivity contribution in [2.24, 2.45) is 0 Å². The van der Waals surface area contributed by atoms with Crippen LogP contribution >= 0.6 is 11.3 Å². The van der Waals surface area contributed by atoms with Crippen molar-refractivity contribution in [3.63, 3.8) is 0 Å². The molecule has 1 saturated heterocycles. The van der Waals surface area contributed by atoms with Crippen molar-refractivity contribution in [1.29, 1.82) is 0 Å². The summed E-state index contributed by atoms with van der Waals surface area (Å²) in [6.07, 6.45) is 0. The molecule has 1 atom stereocenters. The summed E-state index contributed by atoms with van der Waals surface area (Å²) >= 11 is 1.25. The lowest BCUT2D eigenvalue weighted by Gasteiger charge is -2.24. The number of anilines is 1. The van der Waals surface area contributed by atoms with Crippen molar-refractivity contribution in [1.82, 2.24) is 0 Å². The minimum absolute atomic E-state index is 0.162. The number of halogens is 2. The molecule has 3 aromatic rings. The third-order valence-electron chi connectivity index (χ3n) is 5.17. The Morgan fingerprint density at radius 3 is 2.56 bits per heavy atom. The first kappa shape index (κ1) is 21.7. The van der Waals surface area contributed by atoms with E-state index in [1.807, 2.05) is 6.92 Å². The maximum absolute atomic E-state index is 14.6. The number of Topliss-reactive ketones (excluding diaryl/α,β-unsaturated/α-hetero) is 1. The largest absolute Gasteiger partial charge is 0.507 e. The van der Waals surface area contributed by atoms with E-state index in [-0.39, 0.29) is 17.0 Å². The van der Waals surface area contributed by atoms with E-state index in [1.54, 1.807) is 42.6 Å². The minimum atomic E-state index is -1.05. The molecular formula is C24H19F2NO4S. The van der Waals surface area contributed by atoms with Crippen LogP contribution in [0.5, 0.6) is 5.75 Å². The van der Waals surface area contributed by atoms with E-state index in [1.165, 1.54) is 11.3 Å². The van der Waals surface area contributed by atoms with E-state index >= 15 is 0 Å². The smallest absolute Gasteiger partial charge is 0.300 e. The van der Waals surface area contributed by atoms with E-state index in [0.717, 1.165) is 22.6 Å². The van der Waals surface area contributed by atoms with Gasteiger partial charge in [0.1, 0.15) is 29.2 Å². The monoisotopic (exact) mass is 455 g/mol. The molecule has 0 spiro atoms. The lowest BCUT2D eigenvalue weighted by molar-refractivity contribution is -0.132. The Balaban J connectivity index is 1.90. The molecule has 5 nitrogen and oxygen atoms in total. The Morgan fingerprint density at radius 2 is 1.94 bits per heavy atom. The SMILES string of the molecule is CCOc1ccc(/C(O)=C2/C(=O)C(=O)N(c3ccc(F)cc3F)C2c2cccs2)cc1C. The Labute approximate surface area is 187 Å². The molecule has 0 saturated carbocycles. The number of aliphatic hydroxyl groups excluding tert-OH is 1. The number of carbonyl (C=O) groups excluding carboxylic acids is 2. The van der Waals surface area contributed by atoms with E-state index in [0.29, 0.717) is 28.9 Å². The maximum atomic E-state index is 14.6. The zero-order chi connectivity index (χ0) is 23.0. The number of aliphatic hydroxyl groups is 1. The van der Waals surface area contributed by atoms with Crippen LogP contribution in [0.15, 0.2) is 59.5 Å². The second-order valence-corrected chi connectivity index (χ2v) is 8.17. The standard InChI is InChI=1S/C24H19F2NO4S/c1-3-31-18-9-6-14(11-13(18)2)22(28)20-21(19-5-4-10-32-19)27(24(30)23(20)29)17-8-7-15(25)12-16(17)26/h4-12,21,28H,3H2,1-2H3/b22-20-. The predicted octanol–water partition coefficient (Wildman–Crippen LogP) is 5.36. The van der Waals surface area contributed by atoms with Crippen LogP contribution in [0.2, 0.25) is 0 Å². The average Bonchev–Trinajstić information content (AvgIpc) is 3.37. The van der Waals surface area contributed by atoms with Crippen molar-refractivity contribution in [3.8, 4) is 5.75 Å². The summed E-state index contributed by atoms with van der Waals surface area (Å²) in [4.78, 5) is 27.5. The number of carbonyl (C=O) groups is 2. The van der Waals surface area contributed by atoms with Crippen LogP contribution in [0.4, 0.5) is 14.5 Å². The first-order valence-corrected chi connectivity index (χ1v) is 10.7. The van der Waals surface area contributed by atoms with Gasteiger partial charge >= 0.3 is 0 Å². The maximum Gasteiger partial charge on any atom is 0.300 e. The molecule has 4 rings (SSSR count). The highest BCUT2D eigenvalue weighted by atomic mass is 32.1. The average molecular weight is 455 g/mol. The fourth-order valence-corrected chi connectivity index (χ4v) is 4.57. The van der Waals surface area contributed by atoms with E-state index in [9.17, 15) is 23.5 Å². The molecule has 2 heterocycles. The Bertz CT molecular complexity index is 1240. The molecule has 0 bridgehead atoms. The molecule has 1 amide bonds. The topological polar surface area (TPSA) is 66.8 Å². The van der Waals surface area contributed by atoms with Crippen molar-refractivity contribution in [3.05, 3.63) is 87.1 Å². The third kappa shape index (κ3) is 3.67. The molecule has 1 aromatic heterocycles. The highest BCUT2D eigenvalue weighted by molar-refractivity contribution is 7.10. The molecule has 8 heteroatoms. The zero-order valence-electron chi connectivity index (χ0n) is 17.3. The van der Waals surface area contributed by atoms with Gasteiger partial charge in [0.25, 0.3) is 11.7 Å². The van der Waals surface area contributed by atoms with Crippen LogP contribution < -0.4 is 9.64 Å². The molecule has 0 radical (unpaired) electrons. The van der Waals surface area contributed by atoms with Gasteiger partial charge in [0.15, 0.2) is 0 Å². The molecule has 2 aromatic carbocycles. The predicted molar refractivity (Wildman–Crippen MR) is 118 cm³/mol. The number of rotatable bonds is 5. The molecule has 1 aliphatic rings. The van der Waals surface area contributed by atoms with Gasteiger partial charge in [-0.1, -0.05) is 6.07 Å². The van der Waals surface area contributed by atoms with E-state index < -0.39 is 29.4 Å². The summed E-state index contributed by atoms with van der Waals surface area (Å²) in [5.41, 5.74) is 0.658. The van der Waals surface area contributed by atoms with Crippen molar-refractivity contribution in [2.75, 3.05) is 11.5 Å². The van der Waals surface area contributed by atoms with Crippen LogP contribution in [0, 0.1) is 18.6 Å². The lowest BCUT2D eigenvalue weighted by atomic mass is 9.98. The molecule has 1 N–H and O–H groups in total. The van der Waals surface area contributed by atoms with Crippen molar-refractivity contribution in [2.45, 2.75) is 19.9 Å². The first-order valence-electron chi connectivity index (χ1n) is 9.86. The van der Waals surface area contributed by atoms with Crippen LogP contribution in [0.3, 0.4) is 0 Å². The second kappa shape index (κ2) is 8.55. The number of aryl methyl sites for hydroxylation is 1. The van der Waals surface area contributed by atoms with Crippen LogP contribution in [-0.4, -0.2) is 23.4 Å². The first-order chi connectivity index (χ1) is 15.3. The second-order valence-electron chi connectivity index (χ2n) is 7.19. The quantitative estimate of drug-likeness (QED) is 0.320. The molecule has 0 aliphatic carbocycles. The van der Waals surface area contributed by atoms with E-state index in [4.69, 9.17) is 4.74 Å². The summed E-state index contributed by atoms with van der Waals surface area (Å²) in [6, 6.07) is 10.0. The number of amides is 1. The fourth-order valence-electron chi connectivity index (χ4n) is 3.74. The highest BCUT2D eigenvalue weighted by Gasteiger charge is 2.48. The molecule has 1 aliphatic heterocycles. The van der Waals surface area contributed by atoms with Gasteiger partial charge in [-0.05, 0) is 61.2 Å². The molecular weight excluding hydrogens is 436 g/mol. The number of ether oxygens (including phenoxy) is 1. The molecule has 32 heavy (non-hydrogen) atoms. The van der Waals surface area contributed by atoms with Crippen LogP contribution in [0.1, 0.15) is 29.0 Å². The van der Waals surface area contributed by atoms with Crippen LogP contribution in [-0.2, 0) is 9.59 Å². The third-order valence-corrected chi connectivity index (χ3v) is 6.10. The van der Waals surface area contributed by atoms with Gasteiger partial charge in [0, 0.05) is 16.5 Å². The summed E-state index contributed by atoms with van der Waals surface area (Å²) in [5.74, 6) is -3.48. The summed E-state index contributed by atoms with van der Waals surface area (Å²) in [7, 11) is 0. The number of hydrogen-bond acceptors (Lipinski definition) is 5. The highest BCUT2D eigenvalue weighted by Crippen LogP contribution is 2.44. The Hall–Kier alpha value is -3.52. The molecule has 1 unspecified atom stereocenters. The number of ketones is 1. The Kier molecular flexibility index (Phi) is 5.80. The van der Waals surface area contributed by atoms with Gasteiger partial charge in [-0.2, -0.15) is 0 Å². The van der Waals surface area contributed by atoms with Crippen LogP contribution in [0.25, 0.3) is 5.76 Å². The van der Waals surface area contributed by atoms with Gasteiger partial charge in [-0.15, -0.1) is 11.3 Å². The number of thiophene rings is 1. The van der Waals surface area contributed by atoms with Crippen molar-refractivity contribution >= 4 is 34.5 Å². The van der Waals surface area contributed by atoms with Gasteiger partial charge in [0.2, 0.25) is 0 Å². The van der Waals surface area contributed by atoms with Crippen molar-refractivity contribution < 1.29 is 28.2 Å². The van der Waals surface area contributed by atoms with Gasteiger partial charge in [-0.3, -0.25) is 14.5 Å². The van der Waals surface area contributed by atoms with Gasteiger partial charge in [0.05, 0.1) is 17.9 Å².